The molecule has 1 aliphatic heterocycles. The second kappa shape index (κ2) is 9.68. The molecule has 0 spiro atoms. The van der Waals surface area contributed by atoms with Crippen LogP contribution in [-0.2, 0) is 4.79 Å². The Balaban J connectivity index is 1.98. The van der Waals surface area contributed by atoms with Crippen LogP contribution in [0.1, 0.15) is 46.0 Å². The molecule has 4 heteroatoms. The molecule has 0 aliphatic carbocycles. The van der Waals surface area contributed by atoms with Crippen LogP contribution in [-0.4, -0.2) is 48.0 Å². The lowest BCUT2D eigenvalue weighted by Crippen LogP contribution is -2.36. The molecule has 1 fully saturated rings. The molecule has 18 heavy (non-hydrogen) atoms. The van der Waals surface area contributed by atoms with Gasteiger partial charge in [0.2, 0.25) is 5.91 Å². The van der Waals surface area contributed by atoms with Crippen LogP contribution in [0.3, 0.4) is 0 Å². The smallest absolute Gasteiger partial charge is 0.232 e. The van der Waals surface area contributed by atoms with Crippen molar-refractivity contribution in [3.63, 3.8) is 0 Å². The van der Waals surface area contributed by atoms with Crippen LogP contribution in [0.25, 0.3) is 0 Å². The van der Waals surface area contributed by atoms with Crippen molar-refractivity contribution in [1.82, 2.24) is 10.2 Å². The van der Waals surface area contributed by atoms with Gasteiger partial charge in [-0.2, -0.15) is 11.8 Å². The largest absolute Gasteiger partial charge is 0.342 e. The number of rotatable bonds is 8. The molecule has 106 valence electrons. The molecular weight excluding hydrogens is 244 g/mol. The van der Waals surface area contributed by atoms with Crippen molar-refractivity contribution in [2.75, 3.05) is 31.1 Å². The summed E-state index contributed by atoms with van der Waals surface area (Å²) in [7, 11) is 0. The number of hydrogen-bond acceptors (Lipinski definition) is 3. The van der Waals surface area contributed by atoms with Gasteiger partial charge in [0.05, 0.1) is 5.75 Å². The molecule has 1 heterocycles. The average molecular weight is 272 g/mol. The second-order valence-corrected chi connectivity index (χ2v) is 6.20. The summed E-state index contributed by atoms with van der Waals surface area (Å²) in [6, 6.07) is 0.605. The lowest BCUT2D eigenvalue weighted by molar-refractivity contribution is -0.129. The van der Waals surface area contributed by atoms with Gasteiger partial charge in [-0.15, -0.1) is 0 Å². The Bertz CT molecular complexity index is 230. The number of amides is 1. The highest BCUT2D eigenvalue weighted by Gasteiger charge is 2.15. The zero-order valence-electron chi connectivity index (χ0n) is 11.9. The van der Waals surface area contributed by atoms with Crippen LogP contribution >= 0.6 is 11.8 Å². The van der Waals surface area contributed by atoms with Crippen molar-refractivity contribution in [3.8, 4) is 0 Å². The lowest BCUT2D eigenvalue weighted by Gasteiger charge is -2.26. The monoisotopic (exact) mass is 272 g/mol. The van der Waals surface area contributed by atoms with Crippen LogP contribution in [0, 0.1) is 0 Å². The van der Waals surface area contributed by atoms with Gasteiger partial charge < -0.3 is 10.2 Å². The summed E-state index contributed by atoms with van der Waals surface area (Å²) in [5.41, 5.74) is 0. The lowest BCUT2D eigenvalue weighted by atomic mass is 10.1. The topological polar surface area (TPSA) is 32.3 Å². The Hall–Kier alpha value is -0.220. The summed E-state index contributed by atoms with van der Waals surface area (Å²) < 4.78 is 0. The number of nitrogens with zero attached hydrogens (tertiary/aromatic N) is 1. The van der Waals surface area contributed by atoms with Gasteiger partial charge in [0, 0.05) is 19.1 Å². The summed E-state index contributed by atoms with van der Waals surface area (Å²) in [6.45, 7) is 7.38. The van der Waals surface area contributed by atoms with E-state index >= 15 is 0 Å². The van der Waals surface area contributed by atoms with Crippen molar-refractivity contribution < 1.29 is 4.79 Å². The summed E-state index contributed by atoms with van der Waals surface area (Å²) in [5, 5.41) is 3.41. The zero-order valence-corrected chi connectivity index (χ0v) is 12.7. The maximum Gasteiger partial charge on any atom is 0.232 e. The predicted molar refractivity (Wildman–Crippen MR) is 80.1 cm³/mol. The van der Waals surface area contributed by atoms with E-state index in [2.05, 4.69) is 19.2 Å². The molecule has 0 radical (unpaired) electrons. The SMILES string of the molecule is CCNC(C)CCCSCC(=O)N1CCCCC1. The molecule has 1 rings (SSSR count). The van der Waals surface area contributed by atoms with Gasteiger partial charge in [-0.25, -0.2) is 0 Å². The molecule has 0 bridgehead atoms. The first-order valence-corrected chi connectivity index (χ1v) is 8.48. The summed E-state index contributed by atoms with van der Waals surface area (Å²) in [4.78, 5) is 13.9. The van der Waals surface area contributed by atoms with Crippen LogP contribution in [0.5, 0.6) is 0 Å². The van der Waals surface area contributed by atoms with Gasteiger partial charge in [0.15, 0.2) is 0 Å². The quantitative estimate of drug-likeness (QED) is 0.689. The first-order valence-electron chi connectivity index (χ1n) is 7.33. The highest BCUT2D eigenvalue weighted by atomic mass is 32.2. The molecule has 1 unspecified atom stereocenters. The molecule has 1 atom stereocenters. The van der Waals surface area contributed by atoms with Crippen molar-refractivity contribution in [2.24, 2.45) is 0 Å². The maximum absolute atomic E-state index is 11.9. The van der Waals surface area contributed by atoms with Gasteiger partial charge in [0.1, 0.15) is 0 Å². The van der Waals surface area contributed by atoms with Gasteiger partial charge in [-0.3, -0.25) is 4.79 Å². The molecule has 0 aromatic rings. The molecule has 1 aliphatic rings. The molecule has 0 saturated carbocycles. The number of likely N-dealkylation sites (tertiary alicyclic amines) is 1. The van der Waals surface area contributed by atoms with Crippen molar-refractivity contribution in [1.29, 1.82) is 0 Å². The molecule has 1 amide bonds. The van der Waals surface area contributed by atoms with E-state index in [-0.39, 0.29) is 0 Å². The first-order chi connectivity index (χ1) is 8.74. The summed E-state index contributed by atoms with van der Waals surface area (Å²) in [6.07, 6.45) is 6.08. The Morgan fingerprint density at radius 3 is 2.72 bits per heavy atom. The van der Waals surface area contributed by atoms with Gasteiger partial charge in [0.25, 0.3) is 0 Å². The normalized spacial score (nSPS) is 17.8. The molecular formula is C14H28N2OS. The Morgan fingerprint density at radius 2 is 2.06 bits per heavy atom. The van der Waals surface area contributed by atoms with Crippen LogP contribution in [0.4, 0.5) is 0 Å². The van der Waals surface area contributed by atoms with Crippen LogP contribution in [0.2, 0.25) is 0 Å². The Morgan fingerprint density at radius 1 is 1.33 bits per heavy atom. The van der Waals surface area contributed by atoms with Crippen LogP contribution in [0.15, 0.2) is 0 Å². The minimum Gasteiger partial charge on any atom is -0.342 e. The summed E-state index contributed by atoms with van der Waals surface area (Å²) >= 11 is 1.80. The fraction of sp³-hybridized carbons (Fsp3) is 0.929. The zero-order chi connectivity index (χ0) is 13.2. The average Bonchev–Trinajstić information content (AvgIpc) is 2.39. The van der Waals surface area contributed by atoms with Crippen LogP contribution < -0.4 is 5.32 Å². The predicted octanol–water partition coefficient (Wildman–Crippen LogP) is 2.51. The number of carbonyl (C=O) groups excluding carboxylic acids is 1. The van der Waals surface area contributed by atoms with Crippen molar-refractivity contribution in [2.45, 2.75) is 52.0 Å². The van der Waals surface area contributed by atoms with Gasteiger partial charge in [-0.1, -0.05) is 6.92 Å². The fourth-order valence-electron chi connectivity index (χ4n) is 2.34. The highest BCUT2D eigenvalue weighted by molar-refractivity contribution is 7.99. The molecule has 1 N–H and O–H groups in total. The maximum atomic E-state index is 11.9. The van der Waals surface area contributed by atoms with E-state index in [1.54, 1.807) is 11.8 Å². The van der Waals surface area contributed by atoms with E-state index in [1.807, 2.05) is 4.90 Å². The van der Waals surface area contributed by atoms with E-state index in [1.165, 1.54) is 32.1 Å². The second-order valence-electron chi connectivity index (χ2n) is 5.09. The van der Waals surface area contributed by atoms with Crippen molar-refractivity contribution in [3.05, 3.63) is 0 Å². The molecule has 0 aromatic heterocycles. The summed E-state index contributed by atoms with van der Waals surface area (Å²) in [5.74, 6) is 2.13. The van der Waals surface area contributed by atoms with E-state index in [0.29, 0.717) is 17.7 Å². The number of carbonyl (C=O) groups is 1. The van der Waals surface area contributed by atoms with Gasteiger partial charge in [-0.05, 0) is 51.3 Å². The van der Waals surface area contributed by atoms with E-state index in [0.717, 1.165) is 25.4 Å². The minimum atomic E-state index is 0.347. The van der Waals surface area contributed by atoms with Gasteiger partial charge >= 0.3 is 0 Å². The molecule has 3 nitrogen and oxygen atoms in total. The number of hydrogen-bond donors (Lipinski definition) is 1. The van der Waals surface area contributed by atoms with Crippen molar-refractivity contribution >= 4 is 17.7 Å². The number of thioether (sulfide) groups is 1. The standard InChI is InChI=1S/C14H28N2OS/c1-3-15-13(2)8-7-11-18-12-14(17)16-9-5-4-6-10-16/h13,15H,3-12H2,1-2H3. The number of piperidine rings is 1. The Labute approximate surface area is 116 Å². The van der Waals surface area contributed by atoms with E-state index in [4.69, 9.17) is 0 Å². The fourth-order valence-corrected chi connectivity index (χ4v) is 3.21. The third-order valence-electron chi connectivity index (χ3n) is 3.41. The molecule has 0 aromatic carbocycles. The van der Waals surface area contributed by atoms with E-state index < -0.39 is 0 Å². The van der Waals surface area contributed by atoms with E-state index in [9.17, 15) is 4.79 Å². The Kier molecular flexibility index (Phi) is 8.51. The third-order valence-corrected chi connectivity index (χ3v) is 4.44. The third kappa shape index (κ3) is 6.64. The minimum absolute atomic E-state index is 0.347. The number of nitrogens with one attached hydrogen (secondary N) is 1. The highest BCUT2D eigenvalue weighted by Crippen LogP contribution is 2.12. The molecule has 1 saturated heterocycles. The first kappa shape index (κ1) is 15.8.